The van der Waals surface area contributed by atoms with Crippen molar-refractivity contribution in [3.05, 3.63) is 29.6 Å². The van der Waals surface area contributed by atoms with Gasteiger partial charge in [-0.3, -0.25) is 0 Å². The minimum Gasteiger partial charge on any atom is -0.494 e. The Balaban J connectivity index is 2.53. The summed E-state index contributed by atoms with van der Waals surface area (Å²) in [4.78, 5) is 0. The van der Waals surface area contributed by atoms with Crippen molar-refractivity contribution in [2.24, 2.45) is 5.92 Å². The third kappa shape index (κ3) is 5.17. The van der Waals surface area contributed by atoms with Gasteiger partial charge in [0, 0.05) is 12.6 Å². The third-order valence-corrected chi connectivity index (χ3v) is 3.08. The summed E-state index contributed by atoms with van der Waals surface area (Å²) in [7, 11) is 1.45. The fourth-order valence-corrected chi connectivity index (χ4v) is 2.01. The second-order valence-electron chi connectivity index (χ2n) is 5.31. The fourth-order valence-electron chi connectivity index (χ4n) is 2.01. The molecule has 19 heavy (non-hydrogen) atoms. The Morgan fingerprint density at radius 3 is 2.53 bits per heavy atom. The molecule has 3 nitrogen and oxygen atoms in total. The van der Waals surface area contributed by atoms with Crippen LogP contribution in [0.1, 0.15) is 38.8 Å². The predicted molar refractivity (Wildman–Crippen MR) is 74.8 cm³/mol. The summed E-state index contributed by atoms with van der Waals surface area (Å²) >= 11 is 0. The van der Waals surface area contributed by atoms with E-state index in [0.717, 1.165) is 12.0 Å². The molecule has 0 aliphatic rings. The number of ether oxygens (including phenoxy) is 1. The maximum atomic E-state index is 13.6. The molecule has 2 N–H and O–H groups in total. The Hall–Kier alpha value is -1.13. The second-order valence-corrected chi connectivity index (χ2v) is 5.31. The third-order valence-electron chi connectivity index (χ3n) is 3.08. The molecule has 1 aromatic rings. The van der Waals surface area contributed by atoms with E-state index in [1.165, 1.54) is 13.2 Å². The maximum Gasteiger partial charge on any atom is 0.165 e. The van der Waals surface area contributed by atoms with Gasteiger partial charge in [-0.25, -0.2) is 4.39 Å². The van der Waals surface area contributed by atoms with E-state index >= 15 is 0 Å². The van der Waals surface area contributed by atoms with Crippen LogP contribution in [-0.2, 0) is 0 Å². The van der Waals surface area contributed by atoms with E-state index in [-0.39, 0.29) is 23.7 Å². The van der Waals surface area contributed by atoms with E-state index in [9.17, 15) is 9.50 Å². The molecular weight excluding hydrogens is 245 g/mol. The van der Waals surface area contributed by atoms with Crippen LogP contribution in [0.2, 0.25) is 0 Å². The van der Waals surface area contributed by atoms with Crippen LogP contribution >= 0.6 is 0 Å². The Morgan fingerprint density at radius 2 is 2.00 bits per heavy atom. The zero-order chi connectivity index (χ0) is 14.4. The monoisotopic (exact) mass is 269 g/mol. The minimum absolute atomic E-state index is 0.0118. The molecule has 1 aromatic carbocycles. The summed E-state index contributed by atoms with van der Waals surface area (Å²) in [5.74, 6) is 0.345. The second kappa shape index (κ2) is 7.46. The van der Waals surface area contributed by atoms with Gasteiger partial charge >= 0.3 is 0 Å². The maximum absolute atomic E-state index is 13.6. The number of nitrogens with one attached hydrogen (secondary N) is 1. The lowest BCUT2D eigenvalue weighted by Gasteiger charge is -2.19. The van der Waals surface area contributed by atoms with Crippen LogP contribution in [-0.4, -0.2) is 24.9 Å². The lowest BCUT2D eigenvalue weighted by molar-refractivity contribution is 0.143. The molecule has 0 amide bonds. The van der Waals surface area contributed by atoms with E-state index in [1.807, 2.05) is 13.0 Å². The smallest absolute Gasteiger partial charge is 0.165 e. The van der Waals surface area contributed by atoms with Crippen molar-refractivity contribution in [2.75, 3.05) is 13.7 Å². The van der Waals surface area contributed by atoms with Gasteiger partial charge < -0.3 is 15.2 Å². The first kappa shape index (κ1) is 15.9. The Labute approximate surface area is 114 Å². The molecule has 0 heterocycles. The summed E-state index contributed by atoms with van der Waals surface area (Å²) in [6.45, 7) is 6.60. The molecule has 0 radical (unpaired) electrons. The summed E-state index contributed by atoms with van der Waals surface area (Å²) in [5.41, 5.74) is 0.843. The van der Waals surface area contributed by atoms with E-state index < -0.39 is 0 Å². The number of aliphatic hydroxyl groups excluding tert-OH is 1. The molecule has 0 aromatic heterocycles. The highest BCUT2D eigenvalue weighted by molar-refractivity contribution is 5.30. The molecule has 0 saturated carbocycles. The number of aliphatic hydroxyl groups is 1. The molecule has 2 atom stereocenters. The molecular formula is C15H24FNO2. The first-order chi connectivity index (χ1) is 8.93. The SMILES string of the molecule is COc1ccc(C(C)NCC(O)CC(C)C)cc1F. The molecule has 4 heteroatoms. The lowest BCUT2D eigenvalue weighted by atomic mass is 10.0. The lowest BCUT2D eigenvalue weighted by Crippen LogP contribution is -2.30. The van der Waals surface area contributed by atoms with Gasteiger partial charge in [-0.2, -0.15) is 0 Å². The van der Waals surface area contributed by atoms with Gasteiger partial charge in [0.15, 0.2) is 11.6 Å². The van der Waals surface area contributed by atoms with Gasteiger partial charge in [0.05, 0.1) is 13.2 Å². The van der Waals surface area contributed by atoms with Crippen LogP contribution in [0.25, 0.3) is 0 Å². The summed E-state index contributed by atoms with van der Waals surface area (Å²) < 4.78 is 18.5. The number of benzene rings is 1. The highest BCUT2D eigenvalue weighted by atomic mass is 19.1. The van der Waals surface area contributed by atoms with Gasteiger partial charge in [0.2, 0.25) is 0 Å². The number of methoxy groups -OCH3 is 1. The Bertz CT molecular complexity index is 396. The van der Waals surface area contributed by atoms with Gasteiger partial charge in [-0.1, -0.05) is 19.9 Å². The molecule has 108 valence electrons. The van der Waals surface area contributed by atoms with Crippen LogP contribution in [0.4, 0.5) is 4.39 Å². The van der Waals surface area contributed by atoms with Crippen LogP contribution < -0.4 is 10.1 Å². The van der Waals surface area contributed by atoms with E-state index in [1.54, 1.807) is 6.07 Å². The van der Waals surface area contributed by atoms with Crippen molar-refractivity contribution in [2.45, 2.75) is 39.3 Å². The van der Waals surface area contributed by atoms with Crippen molar-refractivity contribution in [1.82, 2.24) is 5.32 Å². The first-order valence-corrected chi connectivity index (χ1v) is 6.69. The Morgan fingerprint density at radius 1 is 1.32 bits per heavy atom. The van der Waals surface area contributed by atoms with Gasteiger partial charge in [0.1, 0.15) is 0 Å². The zero-order valence-electron chi connectivity index (χ0n) is 12.1. The molecule has 0 aliphatic heterocycles. The molecule has 0 aliphatic carbocycles. The zero-order valence-corrected chi connectivity index (χ0v) is 12.1. The minimum atomic E-state index is -0.370. The first-order valence-electron chi connectivity index (χ1n) is 6.69. The van der Waals surface area contributed by atoms with Crippen LogP contribution in [0, 0.1) is 11.7 Å². The largest absolute Gasteiger partial charge is 0.494 e. The number of halogens is 1. The molecule has 2 unspecified atom stereocenters. The highest BCUT2D eigenvalue weighted by Crippen LogP contribution is 2.21. The summed E-state index contributed by atoms with van der Waals surface area (Å²) in [5, 5.41) is 13.0. The van der Waals surface area contributed by atoms with Crippen molar-refractivity contribution in [3.8, 4) is 5.75 Å². The van der Waals surface area contributed by atoms with E-state index in [4.69, 9.17) is 4.74 Å². The normalized spacial score (nSPS) is 14.5. The predicted octanol–water partition coefficient (Wildman–Crippen LogP) is 2.89. The van der Waals surface area contributed by atoms with Crippen LogP contribution in [0.3, 0.4) is 0 Å². The quantitative estimate of drug-likeness (QED) is 0.799. The average molecular weight is 269 g/mol. The molecule has 0 saturated heterocycles. The van der Waals surface area contributed by atoms with E-state index in [2.05, 4.69) is 19.2 Å². The fraction of sp³-hybridized carbons (Fsp3) is 0.600. The Kier molecular flexibility index (Phi) is 6.25. The summed E-state index contributed by atoms with van der Waals surface area (Å²) in [6.07, 6.45) is 0.391. The van der Waals surface area contributed by atoms with Crippen LogP contribution in [0.15, 0.2) is 18.2 Å². The highest BCUT2D eigenvalue weighted by Gasteiger charge is 2.12. The van der Waals surface area contributed by atoms with Gasteiger partial charge in [-0.05, 0) is 37.0 Å². The van der Waals surface area contributed by atoms with Crippen LogP contribution in [0.5, 0.6) is 5.75 Å². The van der Waals surface area contributed by atoms with Crippen molar-refractivity contribution < 1.29 is 14.2 Å². The van der Waals surface area contributed by atoms with Gasteiger partial charge in [0.25, 0.3) is 0 Å². The van der Waals surface area contributed by atoms with Crippen molar-refractivity contribution in [1.29, 1.82) is 0 Å². The number of hydrogen-bond donors (Lipinski definition) is 2. The summed E-state index contributed by atoms with van der Waals surface area (Å²) in [6, 6.07) is 4.90. The topological polar surface area (TPSA) is 41.5 Å². The molecule has 0 bridgehead atoms. The number of rotatable bonds is 7. The van der Waals surface area contributed by atoms with Crippen molar-refractivity contribution >= 4 is 0 Å². The standard InChI is InChI=1S/C15H24FNO2/c1-10(2)7-13(18)9-17-11(3)12-5-6-15(19-4)14(16)8-12/h5-6,8,10-11,13,17-18H,7,9H2,1-4H3. The molecule has 0 fully saturated rings. The molecule has 0 spiro atoms. The van der Waals surface area contributed by atoms with E-state index in [0.29, 0.717) is 12.5 Å². The number of hydrogen-bond acceptors (Lipinski definition) is 3. The average Bonchev–Trinajstić information content (AvgIpc) is 2.35. The van der Waals surface area contributed by atoms with Gasteiger partial charge in [-0.15, -0.1) is 0 Å². The molecule has 1 rings (SSSR count). The van der Waals surface area contributed by atoms with Crippen molar-refractivity contribution in [3.63, 3.8) is 0 Å².